The molecule has 3 rings (SSSR count). The molecule has 1 aliphatic heterocycles. The van der Waals surface area contributed by atoms with Gasteiger partial charge < -0.3 is 4.90 Å². The Labute approximate surface area is 121 Å². The molecular formula is C14H14ClFN4. The topological polar surface area (TPSA) is 41.9 Å². The lowest BCUT2D eigenvalue weighted by Crippen LogP contribution is -2.21. The minimum absolute atomic E-state index is 0.137. The molecule has 1 aliphatic rings. The first-order valence-corrected chi connectivity index (χ1v) is 6.94. The standard InChI is InChI=1S/C14H14ClFN4/c1-9-4-5-10(8-11(9)16)12-17-13(15)19-14(18-12)20-6-2-3-7-20/h4-5,8H,2-3,6-7H2,1H3. The van der Waals surface area contributed by atoms with Crippen molar-refractivity contribution in [1.82, 2.24) is 15.0 Å². The molecule has 0 N–H and O–H groups in total. The first-order chi connectivity index (χ1) is 9.63. The first kappa shape index (κ1) is 13.2. The van der Waals surface area contributed by atoms with Gasteiger partial charge in [0.2, 0.25) is 11.2 Å². The highest BCUT2D eigenvalue weighted by atomic mass is 35.5. The molecule has 4 nitrogen and oxygen atoms in total. The number of nitrogens with zero attached hydrogens (tertiary/aromatic N) is 4. The molecule has 1 saturated heterocycles. The maximum atomic E-state index is 13.7. The Morgan fingerprint density at radius 2 is 1.90 bits per heavy atom. The van der Waals surface area contributed by atoms with Crippen LogP contribution in [0.5, 0.6) is 0 Å². The van der Waals surface area contributed by atoms with Gasteiger partial charge in [0.15, 0.2) is 5.82 Å². The van der Waals surface area contributed by atoms with Crippen LogP contribution < -0.4 is 4.90 Å². The van der Waals surface area contributed by atoms with Gasteiger partial charge in [0.25, 0.3) is 0 Å². The van der Waals surface area contributed by atoms with Crippen molar-refractivity contribution in [2.75, 3.05) is 18.0 Å². The van der Waals surface area contributed by atoms with Crippen molar-refractivity contribution in [3.8, 4) is 11.4 Å². The van der Waals surface area contributed by atoms with E-state index in [1.165, 1.54) is 6.07 Å². The molecule has 0 radical (unpaired) electrons. The summed E-state index contributed by atoms with van der Waals surface area (Å²) in [4.78, 5) is 14.7. The quantitative estimate of drug-likeness (QED) is 0.852. The number of halogens is 2. The fourth-order valence-electron chi connectivity index (χ4n) is 2.26. The van der Waals surface area contributed by atoms with Crippen molar-refractivity contribution >= 4 is 17.5 Å². The van der Waals surface area contributed by atoms with Crippen molar-refractivity contribution in [3.05, 3.63) is 34.9 Å². The second-order valence-corrected chi connectivity index (χ2v) is 5.22. The number of hydrogen-bond donors (Lipinski definition) is 0. The summed E-state index contributed by atoms with van der Waals surface area (Å²) in [7, 11) is 0. The van der Waals surface area contributed by atoms with Gasteiger partial charge in [-0.1, -0.05) is 12.1 Å². The fourth-order valence-corrected chi connectivity index (χ4v) is 2.41. The summed E-state index contributed by atoms with van der Waals surface area (Å²) in [6.07, 6.45) is 2.25. The first-order valence-electron chi connectivity index (χ1n) is 6.56. The van der Waals surface area contributed by atoms with Crippen LogP contribution in [0.2, 0.25) is 5.28 Å². The predicted molar refractivity (Wildman–Crippen MR) is 76.4 cm³/mol. The number of aryl methyl sites for hydroxylation is 1. The molecule has 104 valence electrons. The van der Waals surface area contributed by atoms with Gasteiger partial charge in [-0.05, 0) is 43.0 Å². The summed E-state index contributed by atoms with van der Waals surface area (Å²) in [5.41, 5.74) is 1.20. The molecule has 0 unspecified atom stereocenters. The van der Waals surface area contributed by atoms with E-state index in [0.717, 1.165) is 25.9 Å². The van der Waals surface area contributed by atoms with E-state index in [0.29, 0.717) is 22.9 Å². The number of hydrogen-bond acceptors (Lipinski definition) is 4. The van der Waals surface area contributed by atoms with Gasteiger partial charge in [-0.15, -0.1) is 0 Å². The molecule has 1 aromatic carbocycles. The number of benzene rings is 1. The summed E-state index contributed by atoms with van der Waals surface area (Å²) < 4.78 is 13.7. The van der Waals surface area contributed by atoms with Crippen LogP contribution in [0.3, 0.4) is 0 Å². The molecule has 0 bridgehead atoms. The van der Waals surface area contributed by atoms with Crippen LogP contribution in [-0.4, -0.2) is 28.0 Å². The minimum atomic E-state index is -0.276. The molecule has 2 aromatic rings. The van der Waals surface area contributed by atoms with E-state index in [4.69, 9.17) is 11.6 Å². The summed E-state index contributed by atoms with van der Waals surface area (Å²) in [6.45, 7) is 3.55. The third kappa shape index (κ3) is 2.58. The minimum Gasteiger partial charge on any atom is -0.341 e. The summed E-state index contributed by atoms with van der Waals surface area (Å²) in [6, 6.07) is 4.92. The van der Waals surface area contributed by atoms with E-state index in [-0.39, 0.29) is 11.1 Å². The van der Waals surface area contributed by atoms with E-state index in [1.807, 2.05) is 0 Å². The van der Waals surface area contributed by atoms with Gasteiger partial charge in [-0.2, -0.15) is 15.0 Å². The van der Waals surface area contributed by atoms with Crippen molar-refractivity contribution < 1.29 is 4.39 Å². The van der Waals surface area contributed by atoms with Crippen LogP contribution in [0.15, 0.2) is 18.2 Å². The molecule has 0 amide bonds. The SMILES string of the molecule is Cc1ccc(-c2nc(Cl)nc(N3CCCC3)n2)cc1F. The highest BCUT2D eigenvalue weighted by Crippen LogP contribution is 2.23. The highest BCUT2D eigenvalue weighted by molar-refractivity contribution is 6.28. The molecule has 0 atom stereocenters. The average Bonchev–Trinajstić information content (AvgIpc) is 2.95. The van der Waals surface area contributed by atoms with Crippen molar-refractivity contribution in [2.45, 2.75) is 19.8 Å². The average molecular weight is 293 g/mol. The monoisotopic (exact) mass is 292 g/mol. The zero-order valence-corrected chi connectivity index (χ0v) is 11.9. The Hall–Kier alpha value is -1.75. The van der Waals surface area contributed by atoms with Gasteiger partial charge in [0.1, 0.15) is 5.82 Å². The molecule has 0 saturated carbocycles. The zero-order valence-electron chi connectivity index (χ0n) is 11.1. The van der Waals surface area contributed by atoms with Crippen molar-refractivity contribution in [2.24, 2.45) is 0 Å². The van der Waals surface area contributed by atoms with Crippen LogP contribution in [0, 0.1) is 12.7 Å². The molecule has 6 heteroatoms. The Bertz CT molecular complexity index is 641. The largest absolute Gasteiger partial charge is 0.341 e. The van der Waals surface area contributed by atoms with E-state index < -0.39 is 0 Å². The van der Waals surface area contributed by atoms with E-state index >= 15 is 0 Å². The van der Waals surface area contributed by atoms with E-state index in [2.05, 4.69) is 19.9 Å². The predicted octanol–water partition coefficient (Wildman–Crippen LogP) is 3.24. The summed E-state index contributed by atoms with van der Waals surface area (Å²) >= 11 is 5.97. The Balaban J connectivity index is 2.02. The zero-order chi connectivity index (χ0) is 14.1. The summed E-state index contributed by atoms with van der Waals surface area (Å²) in [5, 5.41) is 0.137. The number of rotatable bonds is 2. The molecule has 0 aliphatic carbocycles. The molecular weight excluding hydrogens is 279 g/mol. The second kappa shape index (κ2) is 5.32. The maximum absolute atomic E-state index is 13.7. The fraction of sp³-hybridized carbons (Fsp3) is 0.357. The molecule has 2 heterocycles. The molecule has 1 fully saturated rings. The third-order valence-electron chi connectivity index (χ3n) is 3.42. The van der Waals surface area contributed by atoms with Crippen LogP contribution in [0.1, 0.15) is 18.4 Å². The Kier molecular flexibility index (Phi) is 3.53. The second-order valence-electron chi connectivity index (χ2n) is 4.89. The van der Waals surface area contributed by atoms with Gasteiger partial charge >= 0.3 is 0 Å². The Morgan fingerprint density at radius 1 is 1.15 bits per heavy atom. The number of aromatic nitrogens is 3. The van der Waals surface area contributed by atoms with E-state index in [9.17, 15) is 4.39 Å². The maximum Gasteiger partial charge on any atom is 0.230 e. The lowest BCUT2D eigenvalue weighted by Gasteiger charge is -2.15. The molecule has 0 spiro atoms. The van der Waals surface area contributed by atoms with Gasteiger partial charge in [0, 0.05) is 18.7 Å². The van der Waals surface area contributed by atoms with Crippen LogP contribution >= 0.6 is 11.6 Å². The lowest BCUT2D eigenvalue weighted by atomic mass is 10.1. The normalized spacial score (nSPS) is 14.8. The van der Waals surface area contributed by atoms with Crippen molar-refractivity contribution in [3.63, 3.8) is 0 Å². The highest BCUT2D eigenvalue weighted by Gasteiger charge is 2.17. The molecule has 1 aromatic heterocycles. The van der Waals surface area contributed by atoms with Crippen molar-refractivity contribution in [1.29, 1.82) is 0 Å². The van der Waals surface area contributed by atoms with Gasteiger partial charge in [0.05, 0.1) is 0 Å². The van der Waals surface area contributed by atoms with Crippen LogP contribution in [-0.2, 0) is 0 Å². The van der Waals surface area contributed by atoms with Crippen LogP contribution in [0.4, 0.5) is 10.3 Å². The third-order valence-corrected chi connectivity index (χ3v) is 3.58. The van der Waals surface area contributed by atoms with Gasteiger partial charge in [-0.25, -0.2) is 4.39 Å². The smallest absolute Gasteiger partial charge is 0.230 e. The van der Waals surface area contributed by atoms with Gasteiger partial charge in [-0.3, -0.25) is 0 Å². The lowest BCUT2D eigenvalue weighted by molar-refractivity contribution is 0.619. The molecule has 20 heavy (non-hydrogen) atoms. The Morgan fingerprint density at radius 3 is 2.60 bits per heavy atom. The van der Waals surface area contributed by atoms with E-state index in [1.54, 1.807) is 19.1 Å². The summed E-state index contributed by atoms with van der Waals surface area (Å²) in [5.74, 6) is 0.700. The number of anilines is 1. The van der Waals surface area contributed by atoms with Crippen LogP contribution in [0.25, 0.3) is 11.4 Å².